The Bertz CT molecular complexity index is 1020. The van der Waals surface area contributed by atoms with Crippen molar-refractivity contribution >= 4 is 29.1 Å². The number of nitrogens with zero attached hydrogens (tertiary/aromatic N) is 1. The highest BCUT2D eigenvalue weighted by atomic mass is 32.1. The summed E-state index contributed by atoms with van der Waals surface area (Å²) in [4.78, 5) is 41.4. The molecule has 3 aromatic heterocycles. The van der Waals surface area contributed by atoms with E-state index in [0.717, 1.165) is 30.6 Å². The lowest BCUT2D eigenvalue weighted by molar-refractivity contribution is -0.141. The maximum atomic E-state index is 13.4. The van der Waals surface area contributed by atoms with Crippen LogP contribution in [0.15, 0.2) is 63.1 Å². The molecule has 0 radical (unpaired) electrons. The van der Waals surface area contributed by atoms with Crippen molar-refractivity contribution in [2.75, 3.05) is 6.54 Å². The second-order valence-corrected chi connectivity index (χ2v) is 9.05. The molecule has 9 heteroatoms. The van der Waals surface area contributed by atoms with Crippen LogP contribution >= 0.6 is 11.3 Å². The fraction of sp³-hybridized carbons (Fsp3) is 0.375. The number of rotatable bonds is 9. The third kappa shape index (κ3) is 5.92. The van der Waals surface area contributed by atoms with Crippen molar-refractivity contribution in [2.24, 2.45) is 0 Å². The van der Waals surface area contributed by atoms with Gasteiger partial charge in [0.1, 0.15) is 5.76 Å². The first kappa shape index (κ1) is 22.8. The number of hydrogen-bond acceptors (Lipinski definition) is 6. The van der Waals surface area contributed by atoms with Crippen molar-refractivity contribution in [3.8, 4) is 0 Å². The van der Waals surface area contributed by atoms with E-state index in [1.807, 2.05) is 17.5 Å². The molecule has 1 fully saturated rings. The third-order valence-corrected chi connectivity index (χ3v) is 6.56. The quantitative estimate of drug-likeness (QED) is 0.495. The van der Waals surface area contributed by atoms with Gasteiger partial charge >= 0.3 is 0 Å². The molecule has 3 heterocycles. The third-order valence-electron chi connectivity index (χ3n) is 5.70. The summed E-state index contributed by atoms with van der Waals surface area (Å²) < 4.78 is 10.7. The summed E-state index contributed by atoms with van der Waals surface area (Å²) in [6.45, 7) is -0.0601. The zero-order valence-electron chi connectivity index (χ0n) is 18.2. The zero-order chi connectivity index (χ0) is 23.0. The van der Waals surface area contributed by atoms with Crippen LogP contribution in [0.1, 0.15) is 59.3 Å². The number of amides is 3. The van der Waals surface area contributed by atoms with Crippen molar-refractivity contribution in [1.29, 1.82) is 0 Å². The molecular formula is C24H27N3O5S. The Morgan fingerprint density at radius 1 is 1.03 bits per heavy atom. The van der Waals surface area contributed by atoms with Gasteiger partial charge in [-0.05, 0) is 48.6 Å². The van der Waals surface area contributed by atoms with E-state index in [4.69, 9.17) is 8.83 Å². The molecule has 2 N–H and O–H groups in total. The van der Waals surface area contributed by atoms with Crippen molar-refractivity contribution in [3.05, 3.63) is 70.7 Å². The minimum Gasteiger partial charge on any atom is -0.467 e. The first-order valence-corrected chi connectivity index (χ1v) is 12.0. The van der Waals surface area contributed by atoms with E-state index in [1.165, 1.54) is 41.3 Å². The van der Waals surface area contributed by atoms with Gasteiger partial charge in [0.05, 0.1) is 25.6 Å². The molecule has 0 saturated heterocycles. The summed E-state index contributed by atoms with van der Waals surface area (Å²) in [7, 11) is 0. The van der Waals surface area contributed by atoms with E-state index in [-0.39, 0.29) is 30.8 Å². The summed E-state index contributed by atoms with van der Waals surface area (Å²) in [5, 5.41) is 7.62. The molecule has 174 valence electrons. The van der Waals surface area contributed by atoms with Crippen LogP contribution in [-0.4, -0.2) is 35.2 Å². The van der Waals surface area contributed by atoms with Gasteiger partial charge in [0.25, 0.3) is 11.8 Å². The Morgan fingerprint density at radius 2 is 1.82 bits per heavy atom. The standard InChI is InChI=1S/C24H27N3O5S/c28-21(15-25-23(29)20-11-5-13-32-20)27(16-18-9-6-14-33-18)22(19-10-4-12-31-19)24(30)26-17-7-2-1-3-8-17/h4-6,9-14,17,22H,1-3,7-8,15-16H2,(H,25,29)(H,26,30)/t22-/m1/s1. The van der Waals surface area contributed by atoms with Crippen molar-refractivity contribution in [1.82, 2.24) is 15.5 Å². The first-order chi connectivity index (χ1) is 16.1. The van der Waals surface area contributed by atoms with Crippen LogP contribution in [0.25, 0.3) is 0 Å². The molecule has 33 heavy (non-hydrogen) atoms. The molecule has 4 rings (SSSR count). The van der Waals surface area contributed by atoms with Gasteiger partial charge in [-0.3, -0.25) is 14.4 Å². The summed E-state index contributed by atoms with van der Waals surface area (Å²) in [6.07, 6.45) is 8.06. The Kier molecular flexibility index (Phi) is 7.62. The van der Waals surface area contributed by atoms with Crippen LogP contribution in [0.4, 0.5) is 0 Å². The molecule has 1 aliphatic rings. The minimum absolute atomic E-state index is 0.0843. The largest absolute Gasteiger partial charge is 0.467 e. The Morgan fingerprint density at radius 3 is 2.48 bits per heavy atom. The summed E-state index contributed by atoms with van der Waals surface area (Å²) in [6, 6.07) is 9.45. The SMILES string of the molecule is O=C(NCC(=O)N(Cc1cccs1)[C@@H](C(=O)NC1CCCCC1)c1ccco1)c1ccco1. The van der Waals surface area contributed by atoms with Gasteiger partial charge in [-0.2, -0.15) is 0 Å². The number of carbonyl (C=O) groups excluding carboxylic acids is 3. The number of thiophene rings is 1. The van der Waals surface area contributed by atoms with Gasteiger partial charge in [0.15, 0.2) is 11.8 Å². The fourth-order valence-corrected chi connectivity index (χ4v) is 4.75. The maximum absolute atomic E-state index is 13.4. The average molecular weight is 470 g/mol. The maximum Gasteiger partial charge on any atom is 0.287 e. The van der Waals surface area contributed by atoms with Gasteiger partial charge in [-0.15, -0.1) is 11.3 Å². The van der Waals surface area contributed by atoms with Crippen LogP contribution < -0.4 is 10.6 Å². The normalized spacial score (nSPS) is 15.0. The van der Waals surface area contributed by atoms with Gasteiger partial charge in [0, 0.05) is 10.9 Å². The smallest absolute Gasteiger partial charge is 0.287 e. The lowest BCUT2D eigenvalue weighted by Gasteiger charge is -2.32. The first-order valence-electron chi connectivity index (χ1n) is 11.1. The molecule has 1 atom stereocenters. The van der Waals surface area contributed by atoms with Crippen LogP contribution in [-0.2, 0) is 16.1 Å². The molecular weight excluding hydrogens is 442 g/mol. The number of hydrogen-bond donors (Lipinski definition) is 2. The molecule has 0 aliphatic heterocycles. The Labute approximate surface area is 195 Å². The molecule has 3 amide bonds. The number of furan rings is 2. The lowest BCUT2D eigenvalue weighted by Crippen LogP contribution is -2.49. The fourth-order valence-electron chi connectivity index (χ4n) is 4.04. The van der Waals surface area contributed by atoms with E-state index < -0.39 is 17.9 Å². The van der Waals surface area contributed by atoms with Gasteiger partial charge in [-0.25, -0.2) is 0 Å². The van der Waals surface area contributed by atoms with Crippen LogP contribution in [0.2, 0.25) is 0 Å². The van der Waals surface area contributed by atoms with Crippen LogP contribution in [0, 0.1) is 0 Å². The van der Waals surface area contributed by atoms with E-state index in [9.17, 15) is 14.4 Å². The molecule has 1 saturated carbocycles. The van der Waals surface area contributed by atoms with Crippen LogP contribution in [0.3, 0.4) is 0 Å². The van der Waals surface area contributed by atoms with Crippen molar-refractivity contribution in [2.45, 2.75) is 50.7 Å². The number of nitrogens with one attached hydrogen (secondary N) is 2. The molecule has 0 aromatic carbocycles. The number of carbonyl (C=O) groups is 3. The van der Waals surface area contributed by atoms with E-state index in [1.54, 1.807) is 18.2 Å². The van der Waals surface area contributed by atoms with E-state index in [2.05, 4.69) is 10.6 Å². The molecule has 0 spiro atoms. The highest BCUT2D eigenvalue weighted by molar-refractivity contribution is 7.09. The molecule has 8 nitrogen and oxygen atoms in total. The zero-order valence-corrected chi connectivity index (χ0v) is 19.0. The van der Waals surface area contributed by atoms with E-state index >= 15 is 0 Å². The monoisotopic (exact) mass is 469 g/mol. The predicted octanol–water partition coefficient (Wildman–Crippen LogP) is 3.88. The predicted molar refractivity (Wildman–Crippen MR) is 122 cm³/mol. The summed E-state index contributed by atoms with van der Waals surface area (Å²) >= 11 is 1.49. The molecule has 1 aliphatic carbocycles. The highest BCUT2D eigenvalue weighted by Crippen LogP contribution is 2.27. The summed E-state index contributed by atoms with van der Waals surface area (Å²) in [5.41, 5.74) is 0. The minimum atomic E-state index is -0.947. The van der Waals surface area contributed by atoms with Gasteiger partial charge < -0.3 is 24.4 Å². The summed E-state index contributed by atoms with van der Waals surface area (Å²) in [5.74, 6) is -0.677. The van der Waals surface area contributed by atoms with E-state index in [0.29, 0.717) is 5.76 Å². The molecule has 0 unspecified atom stereocenters. The van der Waals surface area contributed by atoms with Gasteiger partial charge in [0.2, 0.25) is 5.91 Å². The highest BCUT2D eigenvalue weighted by Gasteiger charge is 2.35. The average Bonchev–Trinajstić information content (AvgIpc) is 3.61. The van der Waals surface area contributed by atoms with Crippen molar-refractivity contribution in [3.63, 3.8) is 0 Å². The lowest BCUT2D eigenvalue weighted by atomic mass is 9.95. The van der Waals surface area contributed by atoms with Crippen LogP contribution in [0.5, 0.6) is 0 Å². The van der Waals surface area contributed by atoms with Crippen molar-refractivity contribution < 1.29 is 23.2 Å². The second-order valence-electron chi connectivity index (χ2n) is 8.02. The molecule has 3 aromatic rings. The second kappa shape index (κ2) is 11.0. The van der Waals surface area contributed by atoms with Gasteiger partial charge in [-0.1, -0.05) is 25.3 Å². The molecule has 0 bridgehead atoms. The topological polar surface area (TPSA) is 105 Å². The Balaban J connectivity index is 1.55. The Hall–Kier alpha value is -3.33.